The topological polar surface area (TPSA) is 79.3 Å². The van der Waals surface area contributed by atoms with Crippen molar-refractivity contribution >= 4 is 29.2 Å². The first-order valence-corrected chi connectivity index (χ1v) is 6.58. The summed E-state index contributed by atoms with van der Waals surface area (Å²) in [6.07, 6.45) is 1.26. The van der Waals surface area contributed by atoms with Crippen LogP contribution in [-0.2, 0) is 11.2 Å². The predicted molar refractivity (Wildman–Crippen MR) is 79.7 cm³/mol. The number of amides is 1. The summed E-state index contributed by atoms with van der Waals surface area (Å²) >= 11 is 6.10. The number of hydrogen-bond donors (Lipinski definition) is 2. The summed E-state index contributed by atoms with van der Waals surface area (Å²) in [6.45, 7) is 1.82. The number of anilines is 1. The first kappa shape index (κ1) is 15.0. The Morgan fingerprint density at radius 3 is 2.67 bits per heavy atom. The van der Waals surface area contributed by atoms with Gasteiger partial charge in [-0.3, -0.25) is 14.6 Å². The minimum atomic E-state index is -0.953. The molecule has 21 heavy (non-hydrogen) atoms. The van der Waals surface area contributed by atoms with Crippen molar-refractivity contribution in [3.63, 3.8) is 0 Å². The van der Waals surface area contributed by atoms with Crippen LogP contribution in [-0.4, -0.2) is 22.0 Å². The quantitative estimate of drug-likeness (QED) is 0.910. The second kappa shape index (κ2) is 6.37. The summed E-state index contributed by atoms with van der Waals surface area (Å²) in [5, 5.41) is 11.7. The number of carboxylic acid groups (broad SMARTS) is 1. The number of aromatic nitrogens is 1. The van der Waals surface area contributed by atoms with Crippen LogP contribution in [0.15, 0.2) is 36.5 Å². The van der Waals surface area contributed by atoms with E-state index in [1.165, 1.54) is 6.20 Å². The number of carbonyl (C=O) groups excluding carboxylic acids is 1. The molecule has 0 saturated heterocycles. The first-order chi connectivity index (χ1) is 9.97. The molecular weight excluding hydrogens is 292 g/mol. The lowest BCUT2D eigenvalue weighted by molar-refractivity contribution is -0.136. The molecule has 0 fully saturated rings. The fraction of sp³-hybridized carbons (Fsp3) is 0.133. The van der Waals surface area contributed by atoms with Gasteiger partial charge in [0, 0.05) is 0 Å². The summed E-state index contributed by atoms with van der Waals surface area (Å²) in [4.78, 5) is 26.7. The molecule has 2 aromatic rings. The van der Waals surface area contributed by atoms with E-state index in [2.05, 4.69) is 10.3 Å². The molecule has 0 radical (unpaired) electrons. The fourth-order valence-corrected chi connectivity index (χ4v) is 1.99. The smallest absolute Gasteiger partial charge is 0.309 e. The van der Waals surface area contributed by atoms with Gasteiger partial charge in [-0.2, -0.15) is 0 Å². The molecule has 2 rings (SSSR count). The molecule has 1 aromatic carbocycles. The number of rotatable bonds is 4. The highest BCUT2D eigenvalue weighted by molar-refractivity contribution is 6.35. The van der Waals surface area contributed by atoms with Crippen molar-refractivity contribution < 1.29 is 14.7 Å². The number of pyridine rings is 1. The predicted octanol–water partition coefficient (Wildman–Crippen LogP) is 2.92. The maximum absolute atomic E-state index is 12.1. The average Bonchev–Trinajstić information content (AvgIpc) is 2.43. The molecule has 0 saturated carbocycles. The second-order valence-corrected chi connectivity index (χ2v) is 4.88. The van der Waals surface area contributed by atoms with E-state index in [4.69, 9.17) is 16.7 Å². The Labute approximate surface area is 126 Å². The van der Waals surface area contributed by atoms with E-state index in [0.29, 0.717) is 22.0 Å². The molecule has 0 aliphatic heterocycles. The highest BCUT2D eigenvalue weighted by Crippen LogP contribution is 2.21. The molecule has 0 spiro atoms. The van der Waals surface area contributed by atoms with Gasteiger partial charge in [-0.25, -0.2) is 0 Å². The Kier molecular flexibility index (Phi) is 4.55. The number of halogens is 1. The summed E-state index contributed by atoms with van der Waals surface area (Å²) < 4.78 is 0. The Balaban J connectivity index is 2.12. The molecule has 5 nitrogen and oxygen atoms in total. The van der Waals surface area contributed by atoms with Crippen molar-refractivity contribution in [2.45, 2.75) is 13.3 Å². The van der Waals surface area contributed by atoms with Gasteiger partial charge in [-0.15, -0.1) is 0 Å². The number of nitrogens with zero attached hydrogens (tertiary/aromatic N) is 1. The van der Waals surface area contributed by atoms with Crippen LogP contribution < -0.4 is 5.32 Å². The number of aryl methyl sites for hydroxylation is 1. The van der Waals surface area contributed by atoms with Crippen LogP contribution in [0.1, 0.15) is 21.6 Å². The summed E-state index contributed by atoms with van der Waals surface area (Å²) in [6, 6.07) is 8.37. The van der Waals surface area contributed by atoms with Gasteiger partial charge in [0.05, 0.1) is 34.6 Å². The Morgan fingerprint density at radius 2 is 2.05 bits per heavy atom. The second-order valence-electron chi connectivity index (χ2n) is 4.50. The monoisotopic (exact) mass is 304 g/mol. The van der Waals surface area contributed by atoms with E-state index < -0.39 is 5.97 Å². The van der Waals surface area contributed by atoms with Gasteiger partial charge < -0.3 is 10.4 Å². The summed E-state index contributed by atoms with van der Waals surface area (Å²) in [5.41, 5.74) is 2.10. The van der Waals surface area contributed by atoms with E-state index >= 15 is 0 Å². The van der Waals surface area contributed by atoms with E-state index in [-0.39, 0.29) is 12.3 Å². The molecule has 0 aliphatic rings. The molecule has 0 atom stereocenters. The molecule has 6 heteroatoms. The van der Waals surface area contributed by atoms with Crippen molar-refractivity contribution in [3.8, 4) is 0 Å². The number of aliphatic carboxylic acids is 1. The van der Waals surface area contributed by atoms with Crippen LogP contribution in [0.2, 0.25) is 5.02 Å². The lowest BCUT2D eigenvalue weighted by Crippen LogP contribution is -2.13. The van der Waals surface area contributed by atoms with Crippen molar-refractivity contribution in [3.05, 3.63) is 58.4 Å². The SMILES string of the molecule is Cc1cccc(C(=O)Nc2ccc(CC(=O)O)nc2)c1Cl. The minimum absolute atomic E-state index is 0.155. The lowest BCUT2D eigenvalue weighted by Gasteiger charge is -2.08. The zero-order valence-corrected chi connectivity index (χ0v) is 12.0. The molecule has 108 valence electrons. The average molecular weight is 305 g/mol. The van der Waals surface area contributed by atoms with Gasteiger partial charge >= 0.3 is 5.97 Å². The lowest BCUT2D eigenvalue weighted by atomic mass is 10.1. The third-order valence-corrected chi connectivity index (χ3v) is 3.35. The van der Waals surface area contributed by atoms with E-state index in [9.17, 15) is 9.59 Å². The van der Waals surface area contributed by atoms with Crippen molar-refractivity contribution in [1.82, 2.24) is 4.98 Å². The zero-order chi connectivity index (χ0) is 15.4. The summed E-state index contributed by atoms with van der Waals surface area (Å²) in [7, 11) is 0. The maximum Gasteiger partial charge on any atom is 0.309 e. The molecule has 0 aliphatic carbocycles. The Morgan fingerprint density at radius 1 is 1.29 bits per heavy atom. The first-order valence-electron chi connectivity index (χ1n) is 6.20. The molecule has 1 aromatic heterocycles. The Hall–Kier alpha value is -2.40. The Bertz CT molecular complexity index is 684. The molecule has 1 amide bonds. The minimum Gasteiger partial charge on any atom is -0.481 e. The van der Waals surface area contributed by atoms with Crippen LogP contribution >= 0.6 is 11.6 Å². The van der Waals surface area contributed by atoms with E-state index in [0.717, 1.165) is 5.56 Å². The number of carbonyl (C=O) groups is 2. The van der Waals surface area contributed by atoms with Crippen molar-refractivity contribution in [1.29, 1.82) is 0 Å². The molecule has 1 heterocycles. The van der Waals surface area contributed by atoms with Crippen LogP contribution in [0.3, 0.4) is 0 Å². The fourth-order valence-electron chi connectivity index (χ4n) is 1.78. The van der Waals surface area contributed by atoms with Gasteiger partial charge in [-0.05, 0) is 30.7 Å². The molecular formula is C15H13ClN2O3. The standard InChI is InChI=1S/C15H13ClN2O3/c1-9-3-2-4-12(14(9)16)15(21)18-11-6-5-10(17-8-11)7-13(19)20/h2-6,8H,7H2,1H3,(H,18,21)(H,19,20). The van der Waals surface area contributed by atoms with Crippen LogP contribution in [0.25, 0.3) is 0 Å². The normalized spacial score (nSPS) is 10.2. The third kappa shape index (κ3) is 3.79. The number of nitrogens with one attached hydrogen (secondary N) is 1. The number of benzene rings is 1. The maximum atomic E-state index is 12.1. The van der Waals surface area contributed by atoms with Crippen molar-refractivity contribution in [2.75, 3.05) is 5.32 Å². The van der Waals surface area contributed by atoms with Crippen LogP contribution in [0, 0.1) is 6.92 Å². The molecule has 0 bridgehead atoms. The molecule has 0 unspecified atom stereocenters. The summed E-state index contributed by atoms with van der Waals surface area (Å²) in [5.74, 6) is -1.29. The van der Waals surface area contributed by atoms with Crippen LogP contribution in [0.5, 0.6) is 0 Å². The van der Waals surface area contributed by atoms with Gasteiger partial charge in [0.25, 0.3) is 5.91 Å². The highest BCUT2D eigenvalue weighted by Gasteiger charge is 2.12. The van der Waals surface area contributed by atoms with E-state index in [1.807, 2.05) is 13.0 Å². The number of hydrogen-bond acceptors (Lipinski definition) is 3. The molecule has 2 N–H and O–H groups in total. The number of carboxylic acids is 1. The highest BCUT2D eigenvalue weighted by atomic mass is 35.5. The largest absolute Gasteiger partial charge is 0.481 e. The van der Waals surface area contributed by atoms with Gasteiger partial charge in [-0.1, -0.05) is 23.7 Å². The van der Waals surface area contributed by atoms with E-state index in [1.54, 1.807) is 24.3 Å². The van der Waals surface area contributed by atoms with Gasteiger partial charge in [0.2, 0.25) is 0 Å². The van der Waals surface area contributed by atoms with Crippen molar-refractivity contribution in [2.24, 2.45) is 0 Å². The van der Waals surface area contributed by atoms with Gasteiger partial charge in [0.15, 0.2) is 0 Å². The third-order valence-electron chi connectivity index (χ3n) is 2.85. The van der Waals surface area contributed by atoms with Crippen LogP contribution in [0.4, 0.5) is 5.69 Å². The van der Waals surface area contributed by atoms with Gasteiger partial charge in [0.1, 0.15) is 0 Å². The zero-order valence-electron chi connectivity index (χ0n) is 11.3.